The van der Waals surface area contributed by atoms with Gasteiger partial charge in [-0.15, -0.1) is 11.3 Å². The van der Waals surface area contributed by atoms with Crippen LogP contribution in [0.15, 0.2) is 36.1 Å². The first-order chi connectivity index (χ1) is 11.8. The molecule has 3 aromatic rings. The van der Waals surface area contributed by atoms with Crippen molar-refractivity contribution in [1.29, 1.82) is 0 Å². The van der Waals surface area contributed by atoms with E-state index < -0.39 is 0 Å². The molecule has 3 aromatic heterocycles. The lowest BCUT2D eigenvalue weighted by Crippen LogP contribution is -2.39. The molecular weight excluding hydrogens is 318 g/mol. The fourth-order valence-corrected chi connectivity index (χ4v) is 4.04. The third kappa shape index (κ3) is 3.06. The Morgan fingerprint density at radius 1 is 1.21 bits per heavy atom. The lowest BCUT2D eigenvalue weighted by molar-refractivity contribution is 0.523. The summed E-state index contributed by atoms with van der Waals surface area (Å²) in [7, 11) is 0. The Labute approximate surface area is 145 Å². The van der Waals surface area contributed by atoms with E-state index in [1.165, 1.54) is 10.4 Å². The molecule has 0 radical (unpaired) electrons. The second-order valence-corrected chi connectivity index (χ2v) is 7.04. The highest BCUT2D eigenvalue weighted by Crippen LogP contribution is 2.29. The maximum atomic E-state index is 4.44. The summed E-state index contributed by atoms with van der Waals surface area (Å²) < 4.78 is 1.25. The van der Waals surface area contributed by atoms with Crippen LogP contribution >= 0.6 is 11.3 Å². The Morgan fingerprint density at radius 2 is 2.08 bits per heavy atom. The molecule has 124 valence electrons. The summed E-state index contributed by atoms with van der Waals surface area (Å²) in [6, 6.07) is 6.78. The van der Waals surface area contributed by atoms with Crippen molar-refractivity contribution in [3.8, 4) is 0 Å². The van der Waals surface area contributed by atoms with E-state index in [1.807, 2.05) is 6.20 Å². The topological polar surface area (TPSA) is 53.9 Å². The van der Waals surface area contributed by atoms with Crippen molar-refractivity contribution in [3.05, 3.63) is 41.8 Å². The molecule has 0 spiro atoms. The van der Waals surface area contributed by atoms with E-state index in [9.17, 15) is 0 Å². The number of aryl methyl sites for hydroxylation is 1. The molecule has 24 heavy (non-hydrogen) atoms. The molecule has 0 aliphatic carbocycles. The van der Waals surface area contributed by atoms with Crippen molar-refractivity contribution in [3.63, 3.8) is 0 Å². The first-order valence-electron chi connectivity index (χ1n) is 8.48. The second kappa shape index (κ2) is 6.73. The molecule has 4 heterocycles. The van der Waals surface area contributed by atoms with E-state index in [-0.39, 0.29) is 0 Å². The Bertz CT molecular complexity index is 823. The van der Waals surface area contributed by atoms with Crippen LogP contribution in [0.3, 0.4) is 0 Å². The number of nitrogens with zero attached hydrogens (tertiary/aromatic N) is 4. The minimum absolute atomic E-state index is 0.501. The molecule has 1 aliphatic heterocycles. The van der Waals surface area contributed by atoms with Gasteiger partial charge in [-0.2, -0.15) is 0 Å². The van der Waals surface area contributed by atoms with Gasteiger partial charge in [-0.05, 0) is 36.8 Å². The zero-order valence-electron chi connectivity index (χ0n) is 13.8. The zero-order valence-corrected chi connectivity index (χ0v) is 14.6. The van der Waals surface area contributed by atoms with Gasteiger partial charge in [-0.1, -0.05) is 6.92 Å². The highest BCUT2D eigenvalue weighted by atomic mass is 32.1. The largest absolute Gasteiger partial charge is 0.381 e. The molecule has 0 amide bonds. The summed E-state index contributed by atoms with van der Waals surface area (Å²) in [6.45, 7) is 4.18. The first kappa shape index (κ1) is 15.3. The van der Waals surface area contributed by atoms with Gasteiger partial charge >= 0.3 is 0 Å². The van der Waals surface area contributed by atoms with Crippen molar-refractivity contribution < 1.29 is 0 Å². The minimum Gasteiger partial charge on any atom is -0.381 e. The molecule has 4 rings (SSSR count). The van der Waals surface area contributed by atoms with Crippen molar-refractivity contribution in [2.24, 2.45) is 0 Å². The van der Waals surface area contributed by atoms with Crippen LogP contribution in [0, 0.1) is 0 Å². The van der Waals surface area contributed by atoms with Crippen LogP contribution in [-0.4, -0.2) is 34.1 Å². The monoisotopic (exact) mass is 339 g/mol. The van der Waals surface area contributed by atoms with Gasteiger partial charge in [0.15, 0.2) is 0 Å². The van der Waals surface area contributed by atoms with E-state index in [2.05, 4.69) is 55.7 Å². The minimum atomic E-state index is 0.501. The smallest absolute Gasteiger partial charge is 0.132 e. The number of thiophene rings is 1. The number of nitrogens with one attached hydrogen (secondary N) is 1. The number of aromatic nitrogens is 3. The van der Waals surface area contributed by atoms with E-state index in [1.54, 1.807) is 17.7 Å². The molecule has 0 bridgehead atoms. The number of hydrogen-bond donors (Lipinski definition) is 1. The van der Waals surface area contributed by atoms with Crippen molar-refractivity contribution in [2.75, 3.05) is 23.3 Å². The third-order valence-corrected chi connectivity index (χ3v) is 5.53. The zero-order chi connectivity index (χ0) is 16.4. The number of fused-ring (bicyclic) bond motifs is 1. The van der Waals surface area contributed by atoms with Gasteiger partial charge in [0.05, 0.1) is 15.9 Å². The lowest BCUT2D eigenvalue weighted by Gasteiger charge is -2.33. The summed E-state index contributed by atoms with van der Waals surface area (Å²) in [6.07, 6.45) is 6.75. The third-order valence-electron chi connectivity index (χ3n) is 4.59. The van der Waals surface area contributed by atoms with E-state index >= 15 is 0 Å². The number of rotatable bonds is 4. The van der Waals surface area contributed by atoms with Crippen LogP contribution in [0.25, 0.3) is 10.2 Å². The van der Waals surface area contributed by atoms with E-state index in [0.717, 1.165) is 49.4 Å². The summed E-state index contributed by atoms with van der Waals surface area (Å²) in [5, 5.41) is 5.82. The highest BCUT2D eigenvalue weighted by molar-refractivity contribution is 7.17. The van der Waals surface area contributed by atoms with Crippen LogP contribution < -0.4 is 10.2 Å². The van der Waals surface area contributed by atoms with Gasteiger partial charge in [0.1, 0.15) is 12.1 Å². The average molecular weight is 339 g/mol. The normalized spacial score (nSPS) is 15.8. The molecule has 0 aromatic carbocycles. The number of pyridine rings is 1. The fourth-order valence-electron chi connectivity index (χ4n) is 3.21. The lowest BCUT2D eigenvalue weighted by atomic mass is 10.0. The van der Waals surface area contributed by atoms with Gasteiger partial charge in [-0.3, -0.25) is 4.98 Å². The molecular formula is C18H21N5S. The maximum absolute atomic E-state index is 4.44. The molecule has 1 saturated heterocycles. The quantitative estimate of drug-likeness (QED) is 0.785. The molecule has 5 nitrogen and oxygen atoms in total. The predicted molar refractivity (Wildman–Crippen MR) is 99.9 cm³/mol. The van der Waals surface area contributed by atoms with Crippen molar-refractivity contribution in [2.45, 2.75) is 32.2 Å². The molecule has 0 atom stereocenters. The predicted octanol–water partition coefficient (Wildman–Crippen LogP) is 3.73. The molecule has 1 aliphatic rings. The highest BCUT2D eigenvalue weighted by Gasteiger charge is 2.21. The summed E-state index contributed by atoms with van der Waals surface area (Å²) in [5.41, 5.74) is 3.40. The van der Waals surface area contributed by atoms with Crippen LogP contribution in [0.5, 0.6) is 0 Å². The van der Waals surface area contributed by atoms with Crippen LogP contribution in [0.4, 0.5) is 11.5 Å². The van der Waals surface area contributed by atoms with Crippen LogP contribution in [0.1, 0.15) is 25.5 Å². The second-order valence-electron chi connectivity index (χ2n) is 6.12. The molecule has 1 N–H and O–H groups in total. The number of anilines is 2. The standard InChI is InChI=1S/C18H21N5S/c1-2-13-11-17(21-12-20-13)23-8-4-14(5-9-23)22-16-3-7-19-15-6-10-24-18(15)16/h3,6-7,10-12,14H,2,4-5,8-9H2,1H3,(H,19,22). The van der Waals surface area contributed by atoms with Crippen molar-refractivity contribution >= 4 is 33.1 Å². The van der Waals surface area contributed by atoms with Gasteiger partial charge in [0.2, 0.25) is 0 Å². The summed E-state index contributed by atoms with van der Waals surface area (Å²) in [5.74, 6) is 1.06. The van der Waals surface area contributed by atoms with Gasteiger partial charge < -0.3 is 10.2 Å². The van der Waals surface area contributed by atoms with Crippen molar-refractivity contribution in [1.82, 2.24) is 15.0 Å². The number of hydrogen-bond acceptors (Lipinski definition) is 6. The average Bonchev–Trinajstić information content (AvgIpc) is 3.12. The molecule has 0 saturated carbocycles. The van der Waals surface area contributed by atoms with Crippen LogP contribution in [0.2, 0.25) is 0 Å². The van der Waals surface area contributed by atoms with Gasteiger partial charge in [0.25, 0.3) is 0 Å². The van der Waals surface area contributed by atoms with Crippen LogP contribution in [-0.2, 0) is 6.42 Å². The fraction of sp³-hybridized carbons (Fsp3) is 0.389. The SMILES string of the molecule is CCc1cc(N2CCC(Nc3ccnc4ccsc34)CC2)ncn1. The number of piperidine rings is 1. The Balaban J connectivity index is 1.42. The molecule has 6 heteroatoms. The van der Waals surface area contributed by atoms with E-state index in [0.29, 0.717) is 6.04 Å². The first-order valence-corrected chi connectivity index (χ1v) is 9.36. The van der Waals surface area contributed by atoms with E-state index in [4.69, 9.17) is 0 Å². The Hall–Kier alpha value is -2.21. The molecule has 1 fully saturated rings. The molecule has 0 unspecified atom stereocenters. The van der Waals surface area contributed by atoms with Gasteiger partial charge in [-0.25, -0.2) is 9.97 Å². The summed E-state index contributed by atoms with van der Waals surface area (Å²) >= 11 is 1.75. The maximum Gasteiger partial charge on any atom is 0.132 e. The summed E-state index contributed by atoms with van der Waals surface area (Å²) in [4.78, 5) is 15.5. The Morgan fingerprint density at radius 3 is 2.92 bits per heavy atom. The Kier molecular flexibility index (Phi) is 4.30. The van der Waals surface area contributed by atoms with Gasteiger partial charge in [0, 0.05) is 37.1 Å².